The van der Waals surface area contributed by atoms with Crippen LogP contribution in [0.1, 0.15) is 46.0 Å². The predicted molar refractivity (Wildman–Crippen MR) is 74.7 cm³/mol. The minimum Gasteiger partial charge on any atom is -0.303 e. The van der Waals surface area contributed by atoms with Crippen LogP contribution >= 0.6 is 0 Å². The molecule has 3 nitrogen and oxygen atoms in total. The number of hydrogen-bond acceptors (Lipinski definition) is 3. The van der Waals surface area contributed by atoms with Gasteiger partial charge in [-0.15, -0.1) is 0 Å². The molecule has 0 bridgehead atoms. The molecule has 18 heavy (non-hydrogen) atoms. The molecule has 2 heterocycles. The highest BCUT2D eigenvalue weighted by Gasteiger charge is 2.32. The van der Waals surface area contributed by atoms with Crippen molar-refractivity contribution in [3.05, 3.63) is 0 Å². The molecular weight excluding hydrogens is 224 g/mol. The average molecular weight is 252 g/mol. The molecule has 0 aromatic carbocycles. The maximum Gasteiger partial charge on any atom is 0.127 e. The van der Waals surface area contributed by atoms with Crippen LogP contribution in [0.25, 0.3) is 0 Å². The number of carbonyl (C=O) groups excluding carboxylic acids is 1. The molecule has 0 spiro atoms. The highest BCUT2D eigenvalue weighted by atomic mass is 16.1. The van der Waals surface area contributed by atoms with Crippen molar-refractivity contribution < 1.29 is 4.79 Å². The van der Waals surface area contributed by atoms with E-state index in [1.807, 2.05) is 0 Å². The first-order valence-corrected chi connectivity index (χ1v) is 7.59. The summed E-state index contributed by atoms with van der Waals surface area (Å²) in [5.41, 5.74) is -0.142. The van der Waals surface area contributed by atoms with E-state index in [0.29, 0.717) is 0 Å². The largest absolute Gasteiger partial charge is 0.303 e. The van der Waals surface area contributed by atoms with Crippen molar-refractivity contribution in [3.63, 3.8) is 0 Å². The fraction of sp³-hybridized carbons (Fsp3) is 0.933. The van der Waals surface area contributed by atoms with E-state index in [2.05, 4.69) is 23.6 Å². The molecule has 2 aliphatic heterocycles. The smallest absolute Gasteiger partial charge is 0.127 e. The van der Waals surface area contributed by atoms with Gasteiger partial charge in [-0.1, -0.05) is 20.3 Å². The van der Waals surface area contributed by atoms with Gasteiger partial charge in [0, 0.05) is 24.5 Å². The predicted octanol–water partition coefficient (Wildman–Crippen LogP) is 2.16. The summed E-state index contributed by atoms with van der Waals surface area (Å²) in [6.45, 7) is 10.1. The van der Waals surface area contributed by atoms with Gasteiger partial charge in [-0.25, -0.2) is 0 Å². The molecule has 2 unspecified atom stereocenters. The molecule has 104 valence electrons. The third kappa shape index (κ3) is 3.33. The van der Waals surface area contributed by atoms with Gasteiger partial charge >= 0.3 is 0 Å². The minimum atomic E-state index is -0.142. The van der Waals surface area contributed by atoms with Gasteiger partial charge in [0.15, 0.2) is 0 Å². The molecule has 0 aromatic rings. The van der Waals surface area contributed by atoms with E-state index in [9.17, 15) is 4.79 Å². The first-order chi connectivity index (χ1) is 8.67. The van der Waals surface area contributed by atoms with Crippen molar-refractivity contribution in [1.29, 1.82) is 0 Å². The summed E-state index contributed by atoms with van der Waals surface area (Å²) in [5, 5.41) is 0. The van der Waals surface area contributed by atoms with Gasteiger partial charge in [-0.05, 0) is 45.3 Å². The van der Waals surface area contributed by atoms with E-state index in [0.717, 1.165) is 25.3 Å². The van der Waals surface area contributed by atoms with Crippen molar-refractivity contribution in [2.45, 2.75) is 52.0 Å². The van der Waals surface area contributed by atoms with Gasteiger partial charge in [-0.2, -0.15) is 0 Å². The first kappa shape index (κ1) is 14.0. The molecule has 0 saturated carbocycles. The Balaban J connectivity index is 1.82. The van der Waals surface area contributed by atoms with Crippen LogP contribution in [0.15, 0.2) is 0 Å². The van der Waals surface area contributed by atoms with Crippen molar-refractivity contribution in [2.24, 2.45) is 5.41 Å². The molecule has 2 atom stereocenters. The molecule has 2 fully saturated rings. The second-order valence-corrected chi connectivity index (χ2v) is 6.40. The summed E-state index contributed by atoms with van der Waals surface area (Å²) in [5.74, 6) is 0. The van der Waals surface area contributed by atoms with Crippen LogP contribution in [0, 0.1) is 5.41 Å². The molecule has 0 aliphatic carbocycles. The number of nitrogens with zero attached hydrogens (tertiary/aromatic N) is 2. The van der Waals surface area contributed by atoms with Crippen molar-refractivity contribution in [1.82, 2.24) is 9.80 Å². The second kappa shape index (κ2) is 6.16. The lowest BCUT2D eigenvalue weighted by atomic mass is 9.89. The normalized spacial score (nSPS) is 30.2. The molecular formula is C15H28N2O. The molecule has 2 rings (SSSR count). The quantitative estimate of drug-likeness (QED) is 0.701. The molecule has 0 aromatic heterocycles. The minimum absolute atomic E-state index is 0.142. The number of piperidine rings is 1. The zero-order valence-corrected chi connectivity index (χ0v) is 12.0. The van der Waals surface area contributed by atoms with Gasteiger partial charge < -0.3 is 9.69 Å². The van der Waals surface area contributed by atoms with Crippen LogP contribution in [0.2, 0.25) is 0 Å². The number of hydrogen-bond donors (Lipinski definition) is 0. The van der Waals surface area contributed by atoms with E-state index >= 15 is 0 Å². The van der Waals surface area contributed by atoms with Gasteiger partial charge in [0.1, 0.15) is 6.29 Å². The molecule has 3 heteroatoms. The lowest BCUT2D eigenvalue weighted by Gasteiger charge is -2.33. The third-order valence-corrected chi connectivity index (χ3v) is 4.83. The van der Waals surface area contributed by atoms with E-state index in [1.165, 1.54) is 51.9 Å². The fourth-order valence-corrected chi connectivity index (χ4v) is 3.28. The van der Waals surface area contributed by atoms with Crippen LogP contribution in [-0.2, 0) is 4.79 Å². The van der Waals surface area contributed by atoms with Crippen LogP contribution in [-0.4, -0.2) is 54.9 Å². The van der Waals surface area contributed by atoms with Crippen LogP contribution in [0.4, 0.5) is 0 Å². The SMILES string of the molecule is CCC(C)(C=O)CN1CCC(N2CCCCC2)C1. The maximum atomic E-state index is 11.2. The Morgan fingerprint density at radius 1 is 1.22 bits per heavy atom. The Labute approximate surface area is 112 Å². The number of rotatable bonds is 5. The third-order valence-electron chi connectivity index (χ3n) is 4.83. The number of likely N-dealkylation sites (tertiary alicyclic amines) is 2. The second-order valence-electron chi connectivity index (χ2n) is 6.40. The molecule has 0 amide bonds. The Kier molecular flexibility index (Phi) is 4.79. The Morgan fingerprint density at radius 3 is 2.56 bits per heavy atom. The van der Waals surface area contributed by atoms with Crippen molar-refractivity contribution in [2.75, 3.05) is 32.7 Å². The van der Waals surface area contributed by atoms with Crippen LogP contribution in [0.5, 0.6) is 0 Å². The zero-order valence-electron chi connectivity index (χ0n) is 12.0. The Bertz CT molecular complexity index is 276. The summed E-state index contributed by atoms with van der Waals surface area (Å²) in [7, 11) is 0. The first-order valence-electron chi connectivity index (χ1n) is 7.59. The van der Waals surface area contributed by atoms with Crippen molar-refractivity contribution in [3.8, 4) is 0 Å². The van der Waals surface area contributed by atoms with Crippen LogP contribution < -0.4 is 0 Å². The number of carbonyl (C=O) groups is 1. The fourth-order valence-electron chi connectivity index (χ4n) is 3.28. The summed E-state index contributed by atoms with van der Waals surface area (Å²) in [4.78, 5) is 16.4. The lowest BCUT2D eigenvalue weighted by Crippen LogP contribution is -2.42. The summed E-state index contributed by atoms with van der Waals surface area (Å²) < 4.78 is 0. The summed E-state index contributed by atoms with van der Waals surface area (Å²) in [6, 6.07) is 0.748. The van der Waals surface area contributed by atoms with E-state index in [1.54, 1.807) is 0 Å². The zero-order chi connectivity index (χ0) is 13.0. The van der Waals surface area contributed by atoms with Crippen molar-refractivity contribution >= 4 is 6.29 Å². The van der Waals surface area contributed by atoms with Gasteiger partial charge in [0.2, 0.25) is 0 Å². The number of aldehydes is 1. The molecule has 0 N–H and O–H groups in total. The van der Waals surface area contributed by atoms with Gasteiger partial charge in [-0.3, -0.25) is 4.90 Å². The van der Waals surface area contributed by atoms with E-state index < -0.39 is 0 Å². The molecule has 2 saturated heterocycles. The monoisotopic (exact) mass is 252 g/mol. The van der Waals surface area contributed by atoms with Gasteiger partial charge in [0.05, 0.1) is 0 Å². The van der Waals surface area contributed by atoms with Crippen LogP contribution in [0.3, 0.4) is 0 Å². The highest BCUT2D eigenvalue weighted by Crippen LogP contribution is 2.25. The maximum absolute atomic E-state index is 11.2. The highest BCUT2D eigenvalue weighted by molar-refractivity contribution is 5.58. The summed E-state index contributed by atoms with van der Waals surface area (Å²) in [6.07, 6.45) is 7.54. The standard InChI is InChI=1S/C15H28N2O/c1-3-15(2,13-18)12-16-10-7-14(11-16)17-8-5-4-6-9-17/h13-14H,3-12H2,1-2H3. The Morgan fingerprint density at radius 2 is 1.94 bits per heavy atom. The van der Waals surface area contributed by atoms with E-state index in [4.69, 9.17) is 0 Å². The average Bonchev–Trinajstić information content (AvgIpc) is 2.88. The van der Waals surface area contributed by atoms with Gasteiger partial charge in [0.25, 0.3) is 0 Å². The van der Waals surface area contributed by atoms with E-state index in [-0.39, 0.29) is 5.41 Å². The lowest BCUT2D eigenvalue weighted by molar-refractivity contribution is -0.116. The summed E-state index contributed by atoms with van der Waals surface area (Å²) >= 11 is 0. The topological polar surface area (TPSA) is 23.6 Å². The molecule has 0 radical (unpaired) electrons. The Hall–Kier alpha value is -0.410. The molecule has 2 aliphatic rings.